The summed E-state index contributed by atoms with van der Waals surface area (Å²) in [6.07, 6.45) is 0. The fourth-order valence-electron chi connectivity index (χ4n) is 9.05. The van der Waals surface area contributed by atoms with Crippen LogP contribution in [-0.4, -0.2) is 0 Å². The SMILES string of the molecule is c1ccc(-c2cc3c(cc2-c2ccccc2)C(c2ccccc2)c2c(c(-c4ccccc4)c4ccccc4c2-c2ccccc2)C3c2ccccc2)cc1. The third-order valence-electron chi connectivity index (χ3n) is 11.3. The topological polar surface area (TPSA) is 0 Å². The second-order valence-electron chi connectivity index (χ2n) is 14.3. The predicted molar refractivity (Wildman–Crippen MR) is 227 cm³/mol. The van der Waals surface area contributed by atoms with E-state index in [1.165, 1.54) is 88.7 Å². The molecule has 0 aromatic heterocycles. The zero-order valence-corrected chi connectivity index (χ0v) is 29.9. The van der Waals surface area contributed by atoms with Gasteiger partial charge in [0.25, 0.3) is 0 Å². The molecule has 0 nitrogen and oxygen atoms in total. The van der Waals surface area contributed by atoms with Crippen LogP contribution in [0.25, 0.3) is 55.3 Å². The van der Waals surface area contributed by atoms with Crippen molar-refractivity contribution in [3.8, 4) is 44.5 Å². The molecule has 10 rings (SSSR count). The third kappa shape index (κ3) is 5.38. The molecule has 2 unspecified atom stereocenters. The molecule has 9 aromatic rings. The maximum atomic E-state index is 2.54. The molecule has 254 valence electrons. The fourth-order valence-corrected chi connectivity index (χ4v) is 9.05. The van der Waals surface area contributed by atoms with Crippen LogP contribution < -0.4 is 0 Å². The third-order valence-corrected chi connectivity index (χ3v) is 11.3. The van der Waals surface area contributed by atoms with Crippen molar-refractivity contribution in [3.63, 3.8) is 0 Å². The lowest BCUT2D eigenvalue weighted by Gasteiger charge is -2.40. The first-order valence-corrected chi connectivity index (χ1v) is 18.9. The Labute approximate surface area is 317 Å². The van der Waals surface area contributed by atoms with Gasteiger partial charge in [0.05, 0.1) is 0 Å². The van der Waals surface area contributed by atoms with Crippen LogP contribution in [0.1, 0.15) is 45.2 Å². The van der Waals surface area contributed by atoms with E-state index >= 15 is 0 Å². The summed E-state index contributed by atoms with van der Waals surface area (Å²) in [4.78, 5) is 0. The lowest BCUT2D eigenvalue weighted by Crippen LogP contribution is -2.23. The number of hydrogen-bond donors (Lipinski definition) is 0. The molecule has 0 saturated carbocycles. The zero-order valence-electron chi connectivity index (χ0n) is 29.9. The maximum absolute atomic E-state index is 2.54. The minimum absolute atomic E-state index is 0.0225. The quantitative estimate of drug-likeness (QED) is 0.163. The Morgan fingerprint density at radius 2 is 0.537 bits per heavy atom. The summed E-state index contributed by atoms with van der Waals surface area (Å²) < 4.78 is 0. The van der Waals surface area contributed by atoms with E-state index in [0.29, 0.717) is 0 Å². The second kappa shape index (κ2) is 13.7. The average Bonchev–Trinajstić information content (AvgIpc) is 3.26. The van der Waals surface area contributed by atoms with E-state index in [9.17, 15) is 0 Å². The molecule has 0 radical (unpaired) electrons. The standard InChI is InChI=1S/C54H38/c1-7-21-37(22-8-1)45-35-47-48(36-46(45)38-23-9-2-10-24-38)52(42-31-17-6-18-32-42)54-50(40-27-13-4-14-28-40)44-34-20-19-33-43(44)49(39-25-11-3-12-26-39)53(54)51(47)41-29-15-5-16-30-41/h1-36,51-52H. The molecule has 0 spiro atoms. The van der Waals surface area contributed by atoms with Gasteiger partial charge in [0.1, 0.15) is 0 Å². The van der Waals surface area contributed by atoms with E-state index in [-0.39, 0.29) is 11.8 Å². The van der Waals surface area contributed by atoms with Crippen LogP contribution in [0.15, 0.2) is 218 Å². The van der Waals surface area contributed by atoms with Gasteiger partial charge in [-0.15, -0.1) is 0 Å². The molecule has 0 fully saturated rings. The predicted octanol–water partition coefficient (Wildman–Crippen LogP) is 14.2. The van der Waals surface area contributed by atoms with Crippen molar-refractivity contribution in [2.75, 3.05) is 0 Å². The molecular weight excluding hydrogens is 649 g/mol. The van der Waals surface area contributed by atoms with Gasteiger partial charge in [-0.05, 0) is 101 Å². The van der Waals surface area contributed by atoms with Gasteiger partial charge in [-0.25, -0.2) is 0 Å². The van der Waals surface area contributed by atoms with Crippen molar-refractivity contribution in [2.45, 2.75) is 11.8 Å². The van der Waals surface area contributed by atoms with Gasteiger partial charge in [0.2, 0.25) is 0 Å². The minimum atomic E-state index is -0.0225. The highest BCUT2D eigenvalue weighted by Crippen LogP contribution is 2.58. The van der Waals surface area contributed by atoms with Crippen molar-refractivity contribution in [3.05, 3.63) is 252 Å². The van der Waals surface area contributed by atoms with Gasteiger partial charge in [-0.3, -0.25) is 0 Å². The van der Waals surface area contributed by atoms with Gasteiger partial charge >= 0.3 is 0 Å². The van der Waals surface area contributed by atoms with Crippen LogP contribution in [0.3, 0.4) is 0 Å². The van der Waals surface area contributed by atoms with Crippen LogP contribution >= 0.6 is 0 Å². The summed E-state index contributed by atoms with van der Waals surface area (Å²) in [5.74, 6) is -0.0450. The Morgan fingerprint density at radius 3 is 0.870 bits per heavy atom. The molecule has 0 saturated heterocycles. The van der Waals surface area contributed by atoms with Gasteiger partial charge in [-0.1, -0.05) is 206 Å². The molecule has 9 aromatic carbocycles. The van der Waals surface area contributed by atoms with Crippen LogP contribution in [0, 0.1) is 0 Å². The summed E-state index contributed by atoms with van der Waals surface area (Å²) in [6, 6.07) is 80.7. The number of hydrogen-bond acceptors (Lipinski definition) is 0. The van der Waals surface area contributed by atoms with Crippen LogP contribution in [0.2, 0.25) is 0 Å². The summed E-state index contributed by atoms with van der Waals surface area (Å²) in [7, 11) is 0. The molecule has 1 aliphatic rings. The highest BCUT2D eigenvalue weighted by atomic mass is 14.4. The van der Waals surface area contributed by atoms with E-state index in [1.807, 2.05) is 0 Å². The summed E-state index contributed by atoms with van der Waals surface area (Å²) in [5, 5.41) is 2.56. The van der Waals surface area contributed by atoms with Crippen molar-refractivity contribution in [1.82, 2.24) is 0 Å². The van der Waals surface area contributed by atoms with Gasteiger partial charge in [0.15, 0.2) is 0 Å². The Kier molecular flexibility index (Phi) is 8.08. The Morgan fingerprint density at radius 1 is 0.259 bits per heavy atom. The first-order chi connectivity index (χ1) is 26.8. The lowest BCUT2D eigenvalue weighted by atomic mass is 9.63. The highest BCUT2D eigenvalue weighted by Gasteiger charge is 2.40. The van der Waals surface area contributed by atoms with E-state index in [4.69, 9.17) is 0 Å². The molecule has 0 aliphatic heterocycles. The maximum Gasteiger partial charge on any atom is 0.0352 e. The second-order valence-corrected chi connectivity index (χ2v) is 14.3. The molecule has 0 bridgehead atoms. The number of benzene rings is 9. The normalized spacial score (nSPS) is 14.7. The minimum Gasteiger partial charge on any atom is -0.0622 e. The van der Waals surface area contributed by atoms with Crippen molar-refractivity contribution >= 4 is 10.8 Å². The van der Waals surface area contributed by atoms with E-state index in [1.54, 1.807) is 0 Å². The van der Waals surface area contributed by atoms with Crippen LogP contribution in [0.5, 0.6) is 0 Å². The largest absolute Gasteiger partial charge is 0.0622 e. The highest BCUT2D eigenvalue weighted by molar-refractivity contribution is 6.09. The first-order valence-electron chi connectivity index (χ1n) is 18.9. The van der Waals surface area contributed by atoms with Crippen LogP contribution in [0.4, 0.5) is 0 Å². The van der Waals surface area contributed by atoms with E-state index in [0.717, 1.165) is 0 Å². The van der Waals surface area contributed by atoms with Crippen molar-refractivity contribution < 1.29 is 0 Å². The summed E-state index contributed by atoms with van der Waals surface area (Å²) >= 11 is 0. The Bertz CT molecular complexity index is 2530. The van der Waals surface area contributed by atoms with Gasteiger partial charge < -0.3 is 0 Å². The number of fused-ring (bicyclic) bond motifs is 3. The zero-order chi connectivity index (χ0) is 35.8. The molecular formula is C54H38. The van der Waals surface area contributed by atoms with Gasteiger partial charge in [0, 0.05) is 11.8 Å². The van der Waals surface area contributed by atoms with Gasteiger partial charge in [-0.2, -0.15) is 0 Å². The number of rotatable bonds is 6. The summed E-state index contributed by atoms with van der Waals surface area (Å²) in [5.41, 5.74) is 18.1. The van der Waals surface area contributed by atoms with Crippen molar-refractivity contribution in [1.29, 1.82) is 0 Å². The molecule has 0 heteroatoms. The Balaban J connectivity index is 1.45. The lowest BCUT2D eigenvalue weighted by molar-refractivity contribution is 0.829. The average molecular weight is 687 g/mol. The monoisotopic (exact) mass is 686 g/mol. The van der Waals surface area contributed by atoms with E-state index in [2.05, 4.69) is 218 Å². The summed E-state index contributed by atoms with van der Waals surface area (Å²) in [6.45, 7) is 0. The molecule has 0 heterocycles. The molecule has 0 N–H and O–H groups in total. The fraction of sp³-hybridized carbons (Fsp3) is 0.0370. The molecule has 2 atom stereocenters. The molecule has 54 heavy (non-hydrogen) atoms. The van der Waals surface area contributed by atoms with Crippen LogP contribution in [-0.2, 0) is 0 Å². The Hall–Kier alpha value is -6.76. The molecule has 0 amide bonds. The van der Waals surface area contributed by atoms with E-state index < -0.39 is 0 Å². The smallest absolute Gasteiger partial charge is 0.0352 e. The van der Waals surface area contributed by atoms with Crippen molar-refractivity contribution in [2.24, 2.45) is 0 Å². The molecule has 1 aliphatic carbocycles. The first kappa shape index (κ1) is 31.9.